The lowest BCUT2D eigenvalue weighted by atomic mass is 10.0. The zero-order valence-corrected chi connectivity index (χ0v) is 11.2. The minimum absolute atomic E-state index is 0.259. The fourth-order valence-corrected chi connectivity index (χ4v) is 2.45. The van der Waals surface area contributed by atoms with E-state index in [2.05, 4.69) is 5.32 Å². The molecule has 4 nitrogen and oxygen atoms in total. The number of aliphatic hydroxyl groups is 2. The molecule has 4 heteroatoms. The fraction of sp³-hybridized carbons (Fsp3) is 0.600. The van der Waals surface area contributed by atoms with Crippen LogP contribution in [0.3, 0.4) is 0 Å². The van der Waals surface area contributed by atoms with Gasteiger partial charge >= 0.3 is 0 Å². The lowest BCUT2D eigenvalue weighted by molar-refractivity contribution is 0.0406. The van der Waals surface area contributed by atoms with Crippen LogP contribution in [-0.4, -0.2) is 41.6 Å². The van der Waals surface area contributed by atoms with E-state index in [1.165, 1.54) is 0 Å². The number of aliphatic hydroxyl groups excluding tert-OH is 1. The van der Waals surface area contributed by atoms with Crippen molar-refractivity contribution in [3.05, 3.63) is 30.3 Å². The molecule has 1 aliphatic rings. The summed E-state index contributed by atoms with van der Waals surface area (Å²) < 4.78 is 5.46. The predicted molar refractivity (Wildman–Crippen MR) is 74.2 cm³/mol. The largest absolute Gasteiger partial charge is 0.491 e. The van der Waals surface area contributed by atoms with Crippen molar-refractivity contribution in [2.24, 2.45) is 0 Å². The zero-order chi connectivity index (χ0) is 13.6. The highest BCUT2D eigenvalue weighted by atomic mass is 16.5. The molecule has 0 saturated heterocycles. The Morgan fingerprint density at radius 1 is 1.21 bits per heavy atom. The summed E-state index contributed by atoms with van der Waals surface area (Å²) in [6.07, 6.45) is 3.34. The van der Waals surface area contributed by atoms with Gasteiger partial charge in [0.1, 0.15) is 18.5 Å². The number of rotatable bonds is 7. The molecule has 0 heterocycles. The van der Waals surface area contributed by atoms with E-state index in [0.29, 0.717) is 13.1 Å². The number of ether oxygens (including phenoxy) is 1. The number of nitrogens with one attached hydrogen (secondary N) is 1. The average molecular weight is 265 g/mol. The quantitative estimate of drug-likeness (QED) is 0.696. The van der Waals surface area contributed by atoms with Crippen LogP contribution in [0.2, 0.25) is 0 Å². The summed E-state index contributed by atoms with van der Waals surface area (Å²) in [5.74, 6) is 0.760. The third kappa shape index (κ3) is 4.82. The maximum Gasteiger partial charge on any atom is 0.119 e. The lowest BCUT2D eigenvalue weighted by Gasteiger charge is -2.23. The van der Waals surface area contributed by atoms with E-state index < -0.39 is 11.7 Å². The molecule has 1 aromatic rings. The Morgan fingerprint density at radius 2 is 1.89 bits per heavy atom. The Labute approximate surface area is 114 Å². The molecule has 1 unspecified atom stereocenters. The van der Waals surface area contributed by atoms with Gasteiger partial charge in [0.25, 0.3) is 0 Å². The van der Waals surface area contributed by atoms with E-state index in [9.17, 15) is 10.2 Å². The van der Waals surface area contributed by atoms with Gasteiger partial charge in [0, 0.05) is 13.1 Å². The van der Waals surface area contributed by atoms with Crippen molar-refractivity contribution in [2.45, 2.75) is 37.4 Å². The normalized spacial score (nSPS) is 19.3. The Kier molecular flexibility index (Phi) is 5.19. The predicted octanol–water partition coefficient (Wildman–Crippen LogP) is 1.32. The van der Waals surface area contributed by atoms with Crippen molar-refractivity contribution in [2.75, 3.05) is 19.7 Å². The smallest absolute Gasteiger partial charge is 0.119 e. The number of hydrogen-bond acceptors (Lipinski definition) is 4. The molecule has 3 N–H and O–H groups in total. The first-order valence-corrected chi connectivity index (χ1v) is 6.97. The summed E-state index contributed by atoms with van der Waals surface area (Å²) in [5, 5.41) is 23.1. The molecule has 0 bridgehead atoms. The minimum Gasteiger partial charge on any atom is -0.491 e. The molecule has 19 heavy (non-hydrogen) atoms. The lowest BCUT2D eigenvalue weighted by Crippen LogP contribution is -2.42. The Balaban J connectivity index is 1.61. The standard InChI is InChI=1S/C15H23NO3/c17-13(11-19-14-6-2-1-3-7-14)10-16-12-15(18)8-4-5-9-15/h1-3,6-7,13,16-18H,4-5,8-12H2. The monoisotopic (exact) mass is 265 g/mol. The second-order valence-electron chi connectivity index (χ2n) is 5.34. The van der Waals surface area contributed by atoms with Crippen molar-refractivity contribution in [1.29, 1.82) is 0 Å². The van der Waals surface area contributed by atoms with E-state index >= 15 is 0 Å². The highest BCUT2D eigenvalue weighted by molar-refractivity contribution is 5.20. The zero-order valence-electron chi connectivity index (χ0n) is 11.2. The highest BCUT2D eigenvalue weighted by Crippen LogP contribution is 2.28. The van der Waals surface area contributed by atoms with Crippen LogP contribution in [-0.2, 0) is 0 Å². The molecule has 0 radical (unpaired) electrons. The van der Waals surface area contributed by atoms with E-state index in [-0.39, 0.29) is 6.61 Å². The third-order valence-corrected chi connectivity index (χ3v) is 3.55. The maximum absolute atomic E-state index is 10.1. The van der Waals surface area contributed by atoms with Crippen molar-refractivity contribution >= 4 is 0 Å². The van der Waals surface area contributed by atoms with Gasteiger partial charge in [0.2, 0.25) is 0 Å². The third-order valence-electron chi connectivity index (χ3n) is 3.55. The first-order valence-electron chi connectivity index (χ1n) is 6.97. The maximum atomic E-state index is 10.1. The molecule has 0 aromatic heterocycles. The summed E-state index contributed by atoms with van der Waals surface area (Å²) in [6, 6.07) is 9.45. The van der Waals surface area contributed by atoms with Gasteiger partial charge in [-0.2, -0.15) is 0 Å². The summed E-state index contributed by atoms with van der Waals surface area (Å²) in [7, 11) is 0. The van der Waals surface area contributed by atoms with Crippen LogP contribution in [0.5, 0.6) is 5.75 Å². The molecule has 2 rings (SSSR count). The first-order chi connectivity index (χ1) is 9.18. The molecular formula is C15H23NO3. The number of benzene rings is 1. The molecule has 1 atom stereocenters. The molecule has 0 spiro atoms. The topological polar surface area (TPSA) is 61.7 Å². The van der Waals surface area contributed by atoms with Crippen molar-refractivity contribution < 1.29 is 14.9 Å². The van der Waals surface area contributed by atoms with Gasteiger partial charge in [-0.1, -0.05) is 31.0 Å². The molecule has 0 aliphatic heterocycles. The molecular weight excluding hydrogens is 242 g/mol. The molecule has 1 saturated carbocycles. The van der Waals surface area contributed by atoms with E-state index in [1.807, 2.05) is 30.3 Å². The van der Waals surface area contributed by atoms with Gasteiger partial charge in [-0.3, -0.25) is 0 Å². The van der Waals surface area contributed by atoms with E-state index in [4.69, 9.17) is 4.74 Å². The van der Waals surface area contributed by atoms with Gasteiger partial charge in [-0.25, -0.2) is 0 Å². The van der Waals surface area contributed by atoms with Gasteiger partial charge in [0.05, 0.1) is 5.60 Å². The van der Waals surface area contributed by atoms with Crippen molar-refractivity contribution in [3.63, 3.8) is 0 Å². The average Bonchev–Trinajstić information content (AvgIpc) is 2.85. The van der Waals surface area contributed by atoms with Gasteiger partial charge in [0.15, 0.2) is 0 Å². The number of hydrogen-bond donors (Lipinski definition) is 3. The Morgan fingerprint density at radius 3 is 2.58 bits per heavy atom. The SMILES string of the molecule is OC(CNCC1(O)CCCC1)COc1ccccc1. The van der Waals surface area contributed by atoms with Crippen LogP contribution >= 0.6 is 0 Å². The molecule has 1 aliphatic carbocycles. The number of para-hydroxylation sites is 1. The van der Waals surface area contributed by atoms with Crippen LogP contribution < -0.4 is 10.1 Å². The van der Waals surface area contributed by atoms with Crippen LogP contribution in [0.1, 0.15) is 25.7 Å². The van der Waals surface area contributed by atoms with E-state index in [1.54, 1.807) is 0 Å². The second kappa shape index (κ2) is 6.89. The van der Waals surface area contributed by atoms with Crippen LogP contribution in [0, 0.1) is 0 Å². The summed E-state index contributed by atoms with van der Waals surface area (Å²) in [6.45, 7) is 1.25. The van der Waals surface area contributed by atoms with Crippen LogP contribution in [0.15, 0.2) is 30.3 Å². The first kappa shape index (κ1) is 14.3. The van der Waals surface area contributed by atoms with Gasteiger partial charge < -0.3 is 20.3 Å². The van der Waals surface area contributed by atoms with Crippen LogP contribution in [0.25, 0.3) is 0 Å². The molecule has 0 amide bonds. The Hall–Kier alpha value is -1.10. The fourth-order valence-electron chi connectivity index (χ4n) is 2.45. The van der Waals surface area contributed by atoms with Crippen LogP contribution in [0.4, 0.5) is 0 Å². The van der Waals surface area contributed by atoms with Crippen molar-refractivity contribution in [1.82, 2.24) is 5.32 Å². The molecule has 1 fully saturated rings. The summed E-state index contributed by atoms with van der Waals surface area (Å²) in [4.78, 5) is 0. The molecule has 1 aromatic carbocycles. The highest BCUT2D eigenvalue weighted by Gasteiger charge is 2.30. The van der Waals surface area contributed by atoms with Crippen molar-refractivity contribution in [3.8, 4) is 5.75 Å². The van der Waals surface area contributed by atoms with Gasteiger partial charge in [-0.05, 0) is 25.0 Å². The minimum atomic E-state index is -0.569. The summed E-state index contributed by atoms with van der Waals surface area (Å²) in [5.41, 5.74) is -0.569. The van der Waals surface area contributed by atoms with Gasteiger partial charge in [-0.15, -0.1) is 0 Å². The second-order valence-corrected chi connectivity index (χ2v) is 5.34. The Bertz CT molecular complexity index is 363. The molecule has 106 valence electrons. The summed E-state index contributed by atoms with van der Waals surface area (Å²) >= 11 is 0. The van der Waals surface area contributed by atoms with E-state index in [0.717, 1.165) is 31.4 Å².